The highest BCUT2D eigenvalue weighted by Gasteiger charge is 2.33. The van der Waals surface area contributed by atoms with Gasteiger partial charge in [-0.05, 0) is 88.7 Å². The van der Waals surface area contributed by atoms with Crippen LogP contribution in [-0.4, -0.2) is 109 Å². The number of unbranched alkanes of at least 4 members (excludes halogenated alkanes) is 2. The van der Waals surface area contributed by atoms with Gasteiger partial charge in [0.2, 0.25) is 35.4 Å². The predicted octanol–water partition coefficient (Wildman–Crippen LogP) is -1.38. The molecule has 1 fully saturated rings. The van der Waals surface area contributed by atoms with E-state index in [1.165, 1.54) is 0 Å². The Hall–Kier alpha value is -5.30. The molecule has 0 spiro atoms. The maximum absolute atomic E-state index is 13.9. The lowest BCUT2D eigenvalue weighted by Gasteiger charge is -2.27. The number of rotatable bonds is 29. The number of nitrogens with one attached hydrogen (secondary N) is 6. The quantitative estimate of drug-likeness (QED) is 0.0253. The molecule has 0 unspecified atom stereocenters. The summed E-state index contributed by atoms with van der Waals surface area (Å²) in [6, 6.07) is 3.34. The monoisotopic (exact) mass is 816 g/mol. The number of carbonyl (C=O) groups is 7. The SMILES string of the molecule is CC(C)C[C@H](NC(=O)[C@H](CCCCN)NC(=O)[C@H](CCCN=C(N)N)NC(=O)[C@@H](N)CCCCNC(=O)C1CC1)C(=O)N[C@@H](Cc1ccccc1)C(=O)NCC(=O)O. The Kier molecular flexibility index (Phi) is 22.4. The second-order valence-corrected chi connectivity index (χ2v) is 15.1. The Morgan fingerprint density at radius 3 is 1.88 bits per heavy atom. The molecule has 1 saturated carbocycles. The maximum Gasteiger partial charge on any atom is 0.322 e. The Bertz CT molecular complexity index is 1520. The second kappa shape index (κ2) is 26.6. The van der Waals surface area contributed by atoms with Crippen LogP contribution in [0.1, 0.15) is 90.0 Å². The molecule has 324 valence electrons. The molecule has 58 heavy (non-hydrogen) atoms. The number of hydrogen-bond acceptors (Lipinski definition) is 10. The molecule has 0 bridgehead atoms. The lowest BCUT2D eigenvalue weighted by molar-refractivity contribution is -0.138. The minimum absolute atomic E-state index is 0.0387. The molecule has 1 aromatic carbocycles. The van der Waals surface area contributed by atoms with Crippen molar-refractivity contribution in [2.45, 2.75) is 121 Å². The number of nitrogens with two attached hydrogens (primary N) is 4. The summed E-state index contributed by atoms with van der Waals surface area (Å²) < 4.78 is 0. The van der Waals surface area contributed by atoms with Crippen LogP contribution in [-0.2, 0) is 40.0 Å². The third-order valence-corrected chi connectivity index (χ3v) is 9.35. The van der Waals surface area contributed by atoms with Gasteiger partial charge in [-0.25, -0.2) is 0 Å². The molecule has 5 atom stereocenters. The Balaban J connectivity index is 2.21. The molecule has 1 aliphatic rings. The standard InChI is InChI=1S/C39H65N11O8/c1-24(2)21-30(38(58)50-31(35(55)46-23-32(51)52)22-25-11-4-3-5-12-25)49-37(57)28(14-6-8-18-40)48-36(56)29(15-10-20-45-39(42)43)47-34(54)27(41)13-7-9-19-44-33(53)26-16-17-26/h3-5,11-12,24,26-31H,6-10,13-23,40-41H2,1-2H3,(H,44,53)(H,46,55)(H,47,54)(H,48,56)(H,49,57)(H,50,58)(H,51,52)(H4,42,43,45)/t27-,28-,29-,30-,31-/m0/s1. The Morgan fingerprint density at radius 1 is 0.724 bits per heavy atom. The average molecular weight is 816 g/mol. The van der Waals surface area contributed by atoms with Gasteiger partial charge in [-0.3, -0.25) is 38.6 Å². The van der Waals surface area contributed by atoms with E-state index in [1.54, 1.807) is 30.3 Å². The van der Waals surface area contributed by atoms with Crippen molar-refractivity contribution in [3.05, 3.63) is 35.9 Å². The van der Waals surface area contributed by atoms with Crippen molar-refractivity contribution in [2.75, 3.05) is 26.2 Å². The number of aliphatic imine (C=N–C) groups is 1. The summed E-state index contributed by atoms with van der Waals surface area (Å²) in [7, 11) is 0. The molecule has 0 radical (unpaired) electrons. The van der Waals surface area contributed by atoms with Crippen LogP contribution in [0.5, 0.6) is 0 Å². The van der Waals surface area contributed by atoms with Crippen molar-refractivity contribution >= 4 is 47.4 Å². The number of hydrogen-bond donors (Lipinski definition) is 11. The molecule has 0 aliphatic heterocycles. The molecule has 2 rings (SSSR count). The lowest BCUT2D eigenvalue weighted by Crippen LogP contribution is -2.59. The van der Waals surface area contributed by atoms with E-state index in [0.29, 0.717) is 57.2 Å². The van der Waals surface area contributed by atoms with E-state index < -0.39 is 72.3 Å². The smallest absolute Gasteiger partial charge is 0.322 e. The van der Waals surface area contributed by atoms with Crippen LogP contribution in [0.15, 0.2) is 35.3 Å². The van der Waals surface area contributed by atoms with Gasteiger partial charge in [-0.1, -0.05) is 44.2 Å². The second-order valence-electron chi connectivity index (χ2n) is 15.1. The van der Waals surface area contributed by atoms with Gasteiger partial charge in [0, 0.05) is 25.4 Å². The Morgan fingerprint density at radius 2 is 1.29 bits per heavy atom. The molecule has 15 N–H and O–H groups in total. The zero-order chi connectivity index (χ0) is 43.0. The molecular weight excluding hydrogens is 750 g/mol. The number of carbonyl (C=O) groups excluding carboxylic acids is 6. The van der Waals surface area contributed by atoms with E-state index in [2.05, 4.69) is 36.9 Å². The van der Waals surface area contributed by atoms with Crippen molar-refractivity contribution in [1.29, 1.82) is 0 Å². The van der Waals surface area contributed by atoms with Crippen LogP contribution in [0.25, 0.3) is 0 Å². The number of carboxylic acid groups (broad SMARTS) is 1. The number of guanidine groups is 1. The van der Waals surface area contributed by atoms with Crippen LogP contribution >= 0.6 is 0 Å². The summed E-state index contributed by atoms with van der Waals surface area (Å²) in [5.74, 6) is -4.64. The van der Waals surface area contributed by atoms with Crippen molar-refractivity contribution in [3.8, 4) is 0 Å². The van der Waals surface area contributed by atoms with Gasteiger partial charge in [0.1, 0.15) is 30.7 Å². The number of carboxylic acids is 1. The zero-order valence-corrected chi connectivity index (χ0v) is 33.8. The van der Waals surface area contributed by atoms with Crippen molar-refractivity contribution in [2.24, 2.45) is 39.8 Å². The van der Waals surface area contributed by atoms with Gasteiger partial charge in [0.05, 0.1) is 6.04 Å². The van der Waals surface area contributed by atoms with Crippen molar-refractivity contribution in [3.63, 3.8) is 0 Å². The van der Waals surface area contributed by atoms with Crippen LogP contribution in [0.4, 0.5) is 0 Å². The fourth-order valence-electron chi connectivity index (χ4n) is 6.00. The third-order valence-electron chi connectivity index (χ3n) is 9.35. The first-order valence-electron chi connectivity index (χ1n) is 20.1. The van der Waals surface area contributed by atoms with Crippen molar-refractivity contribution in [1.82, 2.24) is 31.9 Å². The molecular formula is C39H65N11O8. The normalized spacial score (nSPS) is 14.8. The zero-order valence-electron chi connectivity index (χ0n) is 33.8. The maximum atomic E-state index is 13.9. The van der Waals surface area contributed by atoms with Gasteiger partial charge in [-0.15, -0.1) is 0 Å². The minimum atomic E-state index is -1.26. The summed E-state index contributed by atoms with van der Waals surface area (Å²) in [5.41, 5.74) is 23.5. The van der Waals surface area contributed by atoms with Crippen LogP contribution in [0, 0.1) is 11.8 Å². The van der Waals surface area contributed by atoms with Gasteiger partial charge >= 0.3 is 5.97 Å². The van der Waals surface area contributed by atoms with Gasteiger partial charge in [0.25, 0.3) is 0 Å². The Labute approximate surface area is 340 Å². The summed E-state index contributed by atoms with van der Waals surface area (Å²) >= 11 is 0. The van der Waals surface area contributed by atoms with E-state index in [-0.39, 0.29) is 55.9 Å². The molecule has 6 amide bonds. The number of benzene rings is 1. The minimum Gasteiger partial charge on any atom is -0.480 e. The highest BCUT2D eigenvalue weighted by Crippen LogP contribution is 2.28. The van der Waals surface area contributed by atoms with E-state index >= 15 is 0 Å². The first-order chi connectivity index (χ1) is 27.6. The summed E-state index contributed by atoms with van der Waals surface area (Å²) in [4.78, 5) is 94.8. The summed E-state index contributed by atoms with van der Waals surface area (Å²) in [5, 5.41) is 25.2. The highest BCUT2D eigenvalue weighted by atomic mass is 16.4. The molecule has 1 aromatic rings. The first kappa shape index (κ1) is 48.8. The summed E-state index contributed by atoms with van der Waals surface area (Å²) in [6.07, 6.45) is 5.10. The summed E-state index contributed by atoms with van der Waals surface area (Å²) in [6.45, 7) is 4.03. The van der Waals surface area contributed by atoms with E-state index in [9.17, 15) is 33.6 Å². The van der Waals surface area contributed by atoms with E-state index in [4.69, 9.17) is 28.0 Å². The van der Waals surface area contributed by atoms with Gasteiger partial charge < -0.3 is 59.9 Å². The molecule has 1 aliphatic carbocycles. The average Bonchev–Trinajstić information content (AvgIpc) is 4.03. The largest absolute Gasteiger partial charge is 0.480 e. The fraction of sp³-hybridized carbons (Fsp3) is 0.641. The van der Waals surface area contributed by atoms with Crippen LogP contribution < -0.4 is 54.8 Å². The van der Waals surface area contributed by atoms with Crippen LogP contribution in [0.2, 0.25) is 0 Å². The van der Waals surface area contributed by atoms with Crippen molar-refractivity contribution < 1.29 is 38.7 Å². The number of aliphatic carboxylic acids is 1. The van der Waals surface area contributed by atoms with Gasteiger partial charge in [-0.2, -0.15) is 0 Å². The van der Waals surface area contributed by atoms with Gasteiger partial charge in [0.15, 0.2) is 5.96 Å². The molecule has 0 saturated heterocycles. The third kappa shape index (κ3) is 20.2. The first-order valence-corrected chi connectivity index (χ1v) is 20.1. The predicted molar refractivity (Wildman–Crippen MR) is 218 cm³/mol. The number of nitrogens with zero attached hydrogens (tertiary/aromatic N) is 1. The lowest BCUT2D eigenvalue weighted by atomic mass is 10.00. The fourth-order valence-corrected chi connectivity index (χ4v) is 6.00. The van der Waals surface area contributed by atoms with Crippen LogP contribution in [0.3, 0.4) is 0 Å². The molecule has 19 heteroatoms. The molecule has 0 aromatic heterocycles. The molecule has 0 heterocycles. The number of amides is 6. The topological polar surface area (TPSA) is 328 Å². The highest BCUT2D eigenvalue weighted by molar-refractivity contribution is 5.96. The van der Waals surface area contributed by atoms with E-state index in [0.717, 1.165) is 12.8 Å². The van der Waals surface area contributed by atoms with E-state index in [1.807, 2.05) is 13.8 Å². The molecule has 19 nitrogen and oxygen atoms in total.